The van der Waals surface area contributed by atoms with Gasteiger partial charge in [0.2, 0.25) is 0 Å². The van der Waals surface area contributed by atoms with Crippen molar-refractivity contribution in [1.82, 2.24) is 0 Å². The van der Waals surface area contributed by atoms with Crippen molar-refractivity contribution in [2.75, 3.05) is 6.61 Å². The molecule has 1 aliphatic rings. The van der Waals surface area contributed by atoms with Crippen molar-refractivity contribution in [1.29, 1.82) is 0 Å². The number of thiophene rings is 1. The van der Waals surface area contributed by atoms with E-state index in [1.807, 2.05) is 41.1 Å². The van der Waals surface area contributed by atoms with Gasteiger partial charge in [0.1, 0.15) is 6.61 Å². The zero-order valence-corrected chi connectivity index (χ0v) is 6.96. The number of hydrogen-bond acceptors (Lipinski definition) is 2. The summed E-state index contributed by atoms with van der Waals surface area (Å²) in [5.74, 6) is 0. The molecule has 0 fully saturated rings. The van der Waals surface area contributed by atoms with E-state index in [9.17, 15) is 0 Å². The maximum absolute atomic E-state index is 4.80. The molecule has 1 nitrogen and oxygen atoms in total. The molecule has 0 saturated carbocycles. The number of allylic oxidation sites excluding steroid dienone is 2. The molecule has 12 heavy (non-hydrogen) atoms. The van der Waals surface area contributed by atoms with Crippen molar-refractivity contribution in [3.05, 3.63) is 47.4 Å². The molecular weight excluding hydrogens is 168 g/mol. The first-order chi connectivity index (χ1) is 5.50. The minimum Gasteiger partial charge on any atom is -0.497 e. The number of hydrogen-bond donors (Lipinski definition) is 0. The fraction of sp³-hybridized carbons (Fsp3) is 0.200. The van der Waals surface area contributed by atoms with Crippen LogP contribution in [0.25, 0.3) is 0 Å². The highest BCUT2D eigenvalue weighted by atomic mass is 32.1. The van der Waals surface area contributed by atoms with E-state index in [-0.39, 0.29) is 7.43 Å². The Morgan fingerprint density at radius 3 is 2.00 bits per heavy atom. The molecule has 2 heterocycles. The minimum absolute atomic E-state index is 0. The molecule has 66 valence electrons. The lowest BCUT2D eigenvalue weighted by molar-refractivity contribution is 0.286. The molecule has 0 aromatic carbocycles. The molecule has 0 radical (unpaired) electrons. The Hall–Kier alpha value is -1.02. The van der Waals surface area contributed by atoms with Gasteiger partial charge in [-0.1, -0.05) is 25.6 Å². The molecule has 0 atom stereocenters. The Kier molecular flexibility index (Phi) is 7.39. The molecule has 2 rings (SSSR count). The van der Waals surface area contributed by atoms with Gasteiger partial charge in [0.25, 0.3) is 0 Å². The topological polar surface area (TPSA) is 9.23 Å². The Balaban J connectivity index is 0.000000189. The predicted octanol–water partition coefficient (Wildman–Crippen LogP) is 3.47. The van der Waals surface area contributed by atoms with Crippen LogP contribution in [0.2, 0.25) is 0 Å². The van der Waals surface area contributed by atoms with Crippen molar-refractivity contribution in [3.63, 3.8) is 0 Å². The van der Waals surface area contributed by atoms with Gasteiger partial charge in [-0.3, -0.25) is 0 Å². The van der Waals surface area contributed by atoms with E-state index in [4.69, 9.17) is 4.74 Å². The van der Waals surface area contributed by atoms with Gasteiger partial charge in [-0.05, 0) is 22.9 Å². The van der Waals surface area contributed by atoms with Gasteiger partial charge in [-0.25, -0.2) is 0 Å². The van der Waals surface area contributed by atoms with Crippen LogP contribution < -0.4 is 0 Å². The molecule has 1 aromatic rings. The summed E-state index contributed by atoms with van der Waals surface area (Å²) in [5, 5.41) is 4.08. The second-order valence-corrected chi connectivity index (χ2v) is 2.70. The second kappa shape index (κ2) is 8.08. The van der Waals surface area contributed by atoms with Gasteiger partial charge in [-0.2, -0.15) is 11.3 Å². The fourth-order valence-electron chi connectivity index (χ4n) is 0.573. The number of ether oxygens (including phenoxy) is 1. The molecule has 1 aliphatic heterocycles. The normalized spacial score (nSPS) is 12.0. The second-order valence-electron chi connectivity index (χ2n) is 1.88. The molecule has 0 amide bonds. The average Bonchev–Trinajstić information content (AvgIpc) is 2.64. The molecule has 0 spiro atoms. The van der Waals surface area contributed by atoms with Crippen molar-refractivity contribution in [2.45, 2.75) is 7.43 Å². The van der Waals surface area contributed by atoms with Crippen LogP contribution in [0.15, 0.2) is 47.4 Å². The molecule has 0 bridgehead atoms. The number of rotatable bonds is 0. The van der Waals surface area contributed by atoms with Crippen molar-refractivity contribution >= 4 is 11.3 Å². The highest BCUT2D eigenvalue weighted by molar-refractivity contribution is 7.07. The molecular formula is C10H14OS. The minimum atomic E-state index is 0. The van der Waals surface area contributed by atoms with Crippen molar-refractivity contribution in [2.24, 2.45) is 0 Å². The lowest BCUT2D eigenvalue weighted by Gasteiger charge is -1.94. The van der Waals surface area contributed by atoms with Gasteiger partial charge in [-0.15, -0.1) is 0 Å². The highest BCUT2D eigenvalue weighted by Crippen LogP contribution is 1.91. The zero-order valence-electron chi connectivity index (χ0n) is 6.14. The van der Waals surface area contributed by atoms with Gasteiger partial charge in [0, 0.05) is 0 Å². The summed E-state index contributed by atoms with van der Waals surface area (Å²) in [5.41, 5.74) is 0. The van der Waals surface area contributed by atoms with E-state index in [1.54, 1.807) is 17.6 Å². The van der Waals surface area contributed by atoms with Gasteiger partial charge >= 0.3 is 0 Å². The maximum atomic E-state index is 4.80. The Morgan fingerprint density at radius 1 is 1.08 bits per heavy atom. The van der Waals surface area contributed by atoms with Crippen LogP contribution >= 0.6 is 11.3 Å². The summed E-state index contributed by atoms with van der Waals surface area (Å²) in [7, 11) is 0. The van der Waals surface area contributed by atoms with Crippen LogP contribution in [0, 0.1) is 0 Å². The van der Waals surface area contributed by atoms with E-state index in [1.165, 1.54) is 0 Å². The lowest BCUT2D eigenvalue weighted by atomic mass is 10.5. The SMILES string of the molecule is C.C1=CCOC=C1.c1ccsc1. The first kappa shape index (κ1) is 11.0. The van der Waals surface area contributed by atoms with Crippen molar-refractivity contribution in [3.8, 4) is 0 Å². The summed E-state index contributed by atoms with van der Waals surface area (Å²) in [4.78, 5) is 0. The first-order valence-electron chi connectivity index (χ1n) is 3.40. The van der Waals surface area contributed by atoms with E-state index >= 15 is 0 Å². The van der Waals surface area contributed by atoms with Crippen molar-refractivity contribution < 1.29 is 4.74 Å². The first-order valence-corrected chi connectivity index (χ1v) is 4.35. The molecule has 0 aliphatic carbocycles. The predicted molar refractivity (Wildman–Crippen MR) is 55.3 cm³/mol. The van der Waals surface area contributed by atoms with E-state index in [2.05, 4.69) is 0 Å². The lowest BCUT2D eigenvalue weighted by Crippen LogP contribution is -1.82. The van der Waals surface area contributed by atoms with Gasteiger partial charge < -0.3 is 4.74 Å². The molecule has 2 heteroatoms. The van der Waals surface area contributed by atoms with E-state index < -0.39 is 0 Å². The highest BCUT2D eigenvalue weighted by Gasteiger charge is 1.75. The van der Waals surface area contributed by atoms with E-state index in [0.717, 1.165) is 6.61 Å². The summed E-state index contributed by atoms with van der Waals surface area (Å²) >= 11 is 1.71. The third-order valence-corrected chi connectivity index (χ3v) is 1.67. The zero-order chi connectivity index (χ0) is 7.78. The van der Waals surface area contributed by atoms with Crippen LogP contribution in [0.4, 0.5) is 0 Å². The summed E-state index contributed by atoms with van der Waals surface area (Å²) in [6, 6.07) is 4.04. The van der Waals surface area contributed by atoms with Crippen LogP contribution in [0.3, 0.4) is 0 Å². The Bertz CT molecular complexity index is 183. The maximum Gasteiger partial charge on any atom is 0.106 e. The third kappa shape index (κ3) is 5.74. The van der Waals surface area contributed by atoms with Gasteiger partial charge in [0.15, 0.2) is 0 Å². The Morgan fingerprint density at radius 2 is 1.83 bits per heavy atom. The molecule has 0 N–H and O–H groups in total. The third-order valence-electron chi connectivity index (χ3n) is 1.04. The van der Waals surface area contributed by atoms with Crippen LogP contribution in [-0.4, -0.2) is 6.61 Å². The van der Waals surface area contributed by atoms with Crippen LogP contribution in [0.5, 0.6) is 0 Å². The fourth-order valence-corrected chi connectivity index (χ4v) is 1.03. The monoisotopic (exact) mass is 182 g/mol. The molecule has 0 saturated heterocycles. The molecule has 1 aromatic heterocycles. The standard InChI is InChI=1S/C5H6O.C4H4S.CH4/c1-2-4-6-5-3-1;1-2-4-5-3-1;/h1-4H,5H2;1-4H;1H4. The molecule has 0 unspecified atom stereocenters. The van der Waals surface area contributed by atoms with E-state index in [0.29, 0.717) is 0 Å². The van der Waals surface area contributed by atoms with Crippen LogP contribution in [-0.2, 0) is 4.74 Å². The Labute approximate surface area is 78.0 Å². The smallest absolute Gasteiger partial charge is 0.106 e. The largest absolute Gasteiger partial charge is 0.497 e. The average molecular weight is 182 g/mol. The summed E-state index contributed by atoms with van der Waals surface area (Å²) < 4.78 is 4.80. The van der Waals surface area contributed by atoms with Crippen LogP contribution in [0.1, 0.15) is 7.43 Å². The summed E-state index contributed by atoms with van der Waals surface area (Å²) in [6.45, 7) is 0.733. The summed E-state index contributed by atoms with van der Waals surface area (Å²) in [6.07, 6.45) is 7.47. The quantitative estimate of drug-likeness (QED) is 0.597. The van der Waals surface area contributed by atoms with Gasteiger partial charge in [0.05, 0.1) is 6.26 Å².